The Morgan fingerprint density at radius 1 is 0.458 bits per heavy atom. The van der Waals surface area contributed by atoms with Crippen LogP contribution in [0.2, 0.25) is 0 Å². The van der Waals surface area contributed by atoms with Gasteiger partial charge in [-0.2, -0.15) is 0 Å². The summed E-state index contributed by atoms with van der Waals surface area (Å²) in [5.74, 6) is 0. The lowest BCUT2D eigenvalue weighted by Gasteiger charge is -2.11. The summed E-state index contributed by atoms with van der Waals surface area (Å²) in [6, 6.07) is 50.6. The number of thiophene rings is 1. The molecule has 6 aromatic carbocycles. The van der Waals surface area contributed by atoms with E-state index in [9.17, 15) is 0 Å². The third kappa shape index (κ3) is 5.76. The fourth-order valence-electron chi connectivity index (χ4n) is 6.46. The first-order valence-corrected chi connectivity index (χ1v) is 18.0. The van der Waals surface area contributed by atoms with Crippen LogP contribution in [0.1, 0.15) is 41.5 Å². The van der Waals surface area contributed by atoms with E-state index in [1.807, 2.05) is 65.1 Å². The molecule has 0 aliphatic heterocycles. The van der Waals surface area contributed by atoms with Crippen molar-refractivity contribution in [3.8, 4) is 27.9 Å². The summed E-state index contributed by atoms with van der Waals surface area (Å²) in [5.41, 5.74) is 9.38. The highest BCUT2D eigenvalue weighted by Gasteiger charge is 2.17. The predicted octanol–water partition coefficient (Wildman–Crippen LogP) is 14.1. The van der Waals surface area contributed by atoms with E-state index in [2.05, 4.69) is 138 Å². The van der Waals surface area contributed by atoms with E-state index in [0.29, 0.717) is 0 Å². The van der Waals surface area contributed by atoms with Crippen LogP contribution in [-0.4, -0.2) is 9.55 Å². The van der Waals surface area contributed by atoms with Gasteiger partial charge in [-0.3, -0.25) is 4.98 Å². The van der Waals surface area contributed by atoms with Crippen LogP contribution in [0.3, 0.4) is 0 Å². The third-order valence-corrected chi connectivity index (χ3v) is 9.57. The maximum absolute atomic E-state index is 4.86. The predicted molar refractivity (Wildman–Crippen MR) is 214 cm³/mol. The molecule has 0 atom stereocenters. The van der Waals surface area contributed by atoms with Crippen molar-refractivity contribution in [1.82, 2.24) is 9.55 Å². The fourth-order valence-corrected chi connectivity index (χ4v) is 7.55. The van der Waals surface area contributed by atoms with Crippen LogP contribution in [0.15, 0.2) is 146 Å². The van der Waals surface area contributed by atoms with Gasteiger partial charge in [-0.25, -0.2) is 0 Å². The summed E-state index contributed by atoms with van der Waals surface area (Å²) >= 11 is 1.86. The lowest BCUT2D eigenvalue weighted by molar-refractivity contribution is 1.18. The van der Waals surface area contributed by atoms with Crippen molar-refractivity contribution in [3.05, 3.63) is 146 Å². The van der Waals surface area contributed by atoms with E-state index in [4.69, 9.17) is 4.98 Å². The summed E-state index contributed by atoms with van der Waals surface area (Å²) in [4.78, 5) is 4.86. The number of fused-ring (bicyclic) bond motifs is 8. The highest BCUT2D eigenvalue weighted by molar-refractivity contribution is 7.25. The van der Waals surface area contributed by atoms with E-state index in [0.717, 1.165) is 22.1 Å². The van der Waals surface area contributed by atoms with Crippen molar-refractivity contribution >= 4 is 64.2 Å². The van der Waals surface area contributed by atoms with Gasteiger partial charge in [0.1, 0.15) is 0 Å². The molecule has 0 saturated heterocycles. The van der Waals surface area contributed by atoms with Crippen LogP contribution in [0.4, 0.5) is 0 Å². The normalized spacial score (nSPS) is 10.7. The molecule has 9 aromatic rings. The summed E-state index contributed by atoms with van der Waals surface area (Å²) in [7, 11) is 0. The second-order valence-corrected chi connectivity index (χ2v) is 11.9. The zero-order valence-electron chi connectivity index (χ0n) is 28.7. The van der Waals surface area contributed by atoms with Gasteiger partial charge in [-0.05, 0) is 70.8 Å². The van der Waals surface area contributed by atoms with Gasteiger partial charge < -0.3 is 4.57 Å². The summed E-state index contributed by atoms with van der Waals surface area (Å²) in [5, 5.41) is 6.20. The standard InChI is InChI=1S/C39H24N2S.3C2H6/c1-2-8-25(9-3-1)27-10-6-12-30(22-27)41-34-19-16-26-11-7-21-40-39(26)38(34)32-18-15-29(24-35(32)41)28-17-20-37-33(23-28)31-13-4-5-14-36(31)42-37;3*1-2/h1-24H;3*1-2H3. The Morgan fingerprint density at radius 3 is 1.98 bits per heavy atom. The van der Waals surface area contributed by atoms with E-state index in [1.54, 1.807) is 0 Å². The number of hydrogen-bond donors (Lipinski definition) is 0. The molecule has 0 fully saturated rings. The largest absolute Gasteiger partial charge is 0.309 e. The second-order valence-electron chi connectivity index (χ2n) is 10.8. The Hall–Kier alpha value is -5.25. The molecule has 3 aromatic heterocycles. The number of nitrogens with zero attached hydrogens (tertiary/aromatic N) is 2. The van der Waals surface area contributed by atoms with Gasteiger partial charge in [0.15, 0.2) is 0 Å². The minimum Gasteiger partial charge on any atom is -0.309 e. The Labute approximate surface area is 287 Å². The van der Waals surface area contributed by atoms with Crippen molar-refractivity contribution in [2.45, 2.75) is 41.5 Å². The molecule has 0 amide bonds. The Bertz CT molecular complexity index is 2470. The molecule has 48 heavy (non-hydrogen) atoms. The van der Waals surface area contributed by atoms with Gasteiger partial charge in [0.2, 0.25) is 0 Å². The maximum Gasteiger partial charge on any atom is 0.0802 e. The average Bonchev–Trinajstić information content (AvgIpc) is 3.73. The SMILES string of the molecule is CC.CC.CC.c1ccc(-c2cccc(-n3c4cc(-c5ccc6sc7ccccc7c6c5)ccc4c4c5ncccc5ccc43)c2)cc1. The molecule has 0 unspecified atom stereocenters. The number of benzene rings is 6. The minimum absolute atomic E-state index is 1.04. The molecule has 0 saturated carbocycles. The Morgan fingerprint density at radius 2 is 1.15 bits per heavy atom. The van der Waals surface area contributed by atoms with Crippen molar-refractivity contribution in [1.29, 1.82) is 0 Å². The zero-order chi connectivity index (χ0) is 33.6. The number of hydrogen-bond acceptors (Lipinski definition) is 2. The molecule has 3 heteroatoms. The number of aromatic nitrogens is 2. The highest BCUT2D eigenvalue weighted by atomic mass is 32.1. The smallest absolute Gasteiger partial charge is 0.0802 e. The average molecular weight is 643 g/mol. The van der Waals surface area contributed by atoms with Gasteiger partial charge in [-0.15, -0.1) is 11.3 Å². The number of pyridine rings is 1. The van der Waals surface area contributed by atoms with E-state index in [-0.39, 0.29) is 0 Å². The third-order valence-electron chi connectivity index (χ3n) is 8.42. The lowest BCUT2D eigenvalue weighted by Crippen LogP contribution is -1.95. The topological polar surface area (TPSA) is 17.8 Å². The van der Waals surface area contributed by atoms with Crippen LogP contribution in [0, 0.1) is 0 Å². The van der Waals surface area contributed by atoms with Gasteiger partial charge in [0, 0.05) is 48.2 Å². The van der Waals surface area contributed by atoms with Crippen LogP contribution >= 0.6 is 11.3 Å². The van der Waals surface area contributed by atoms with Crippen molar-refractivity contribution < 1.29 is 0 Å². The van der Waals surface area contributed by atoms with Crippen molar-refractivity contribution in [3.63, 3.8) is 0 Å². The molecular weight excluding hydrogens is 601 g/mol. The van der Waals surface area contributed by atoms with Crippen molar-refractivity contribution in [2.24, 2.45) is 0 Å². The van der Waals surface area contributed by atoms with Crippen LogP contribution < -0.4 is 0 Å². The number of rotatable bonds is 3. The first-order chi connectivity index (χ1) is 23.8. The van der Waals surface area contributed by atoms with Crippen LogP contribution in [0.25, 0.3) is 80.8 Å². The van der Waals surface area contributed by atoms with Gasteiger partial charge in [0.25, 0.3) is 0 Å². The van der Waals surface area contributed by atoms with E-state index in [1.165, 1.54) is 58.7 Å². The van der Waals surface area contributed by atoms with E-state index < -0.39 is 0 Å². The van der Waals surface area contributed by atoms with Gasteiger partial charge >= 0.3 is 0 Å². The molecule has 3 heterocycles. The first-order valence-electron chi connectivity index (χ1n) is 17.2. The zero-order valence-corrected chi connectivity index (χ0v) is 29.5. The molecule has 0 spiro atoms. The Kier molecular flexibility index (Phi) is 9.99. The van der Waals surface area contributed by atoms with Gasteiger partial charge in [0.05, 0.1) is 16.6 Å². The summed E-state index contributed by atoms with van der Waals surface area (Å²) in [6.45, 7) is 12.0. The Balaban J connectivity index is 0.000000636. The molecule has 9 rings (SSSR count). The maximum atomic E-state index is 4.86. The van der Waals surface area contributed by atoms with Gasteiger partial charge in [-0.1, -0.05) is 133 Å². The second kappa shape index (κ2) is 14.7. The summed E-state index contributed by atoms with van der Waals surface area (Å²) < 4.78 is 5.07. The summed E-state index contributed by atoms with van der Waals surface area (Å²) in [6.07, 6.45) is 1.90. The first kappa shape index (κ1) is 32.7. The van der Waals surface area contributed by atoms with Crippen LogP contribution in [-0.2, 0) is 0 Å². The molecule has 0 aliphatic rings. The molecule has 238 valence electrons. The lowest BCUT2D eigenvalue weighted by atomic mass is 10.0. The highest BCUT2D eigenvalue weighted by Crippen LogP contribution is 2.40. The molecule has 0 N–H and O–H groups in total. The molecule has 2 nitrogen and oxygen atoms in total. The fraction of sp³-hybridized carbons (Fsp3) is 0.133. The molecule has 0 radical (unpaired) electrons. The molecule has 0 bridgehead atoms. The monoisotopic (exact) mass is 642 g/mol. The van der Waals surface area contributed by atoms with Crippen LogP contribution in [0.5, 0.6) is 0 Å². The molecule has 0 aliphatic carbocycles. The van der Waals surface area contributed by atoms with E-state index >= 15 is 0 Å². The minimum atomic E-state index is 1.04. The quantitative estimate of drug-likeness (QED) is 0.187. The molecular formula is C45H42N2S. The van der Waals surface area contributed by atoms with Crippen molar-refractivity contribution in [2.75, 3.05) is 0 Å².